The van der Waals surface area contributed by atoms with E-state index in [9.17, 15) is 0 Å². The van der Waals surface area contributed by atoms with Gasteiger partial charge in [-0.25, -0.2) is 0 Å². The number of para-hydroxylation sites is 1. The summed E-state index contributed by atoms with van der Waals surface area (Å²) in [7, 11) is 1.56. The van der Waals surface area contributed by atoms with Crippen LogP contribution in [-0.4, -0.2) is 18.2 Å². The summed E-state index contributed by atoms with van der Waals surface area (Å²) in [5.74, 6) is 0.608. The molecule has 6 heteroatoms. The molecule has 110 valence electrons. The highest BCUT2D eigenvalue weighted by Crippen LogP contribution is 2.22. The molecule has 0 bridgehead atoms. The molecule has 2 aromatic carbocycles. The quantitative estimate of drug-likeness (QED) is 0.238. The molecular formula is C15H16IN3O2. The topological polar surface area (TPSA) is 79.9 Å². The maximum Gasteiger partial charge on any atom is 0.173 e. The Morgan fingerprint density at radius 3 is 2.76 bits per heavy atom. The monoisotopic (exact) mass is 397 g/mol. The summed E-state index contributed by atoms with van der Waals surface area (Å²) in [4.78, 5) is 0. The van der Waals surface area contributed by atoms with E-state index in [4.69, 9.17) is 15.7 Å². The number of ether oxygens (including phenoxy) is 1. The zero-order chi connectivity index (χ0) is 15.2. The van der Waals surface area contributed by atoms with Crippen LogP contribution in [0.2, 0.25) is 0 Å². The number of benzene rings is 2. The fourth-order valence-electron chi connectivity index (χ4n) is 1.91. The van der Waals surface area contributed by atoms with Crippen molar-refractivity contribution >= 4 is 34.1 Å². The van der Waals surface area contributed by atoms with Crippen LogP contribution in [0.15, 0.2) is 47.6 Å². The van der Waals surface area contributed by atoms with E-state index in [0.717, 1.165) is 14.8 Å². The molecule has 0 atom stereocenters. The number of hydrogen-bond acceptors (Lipinski definition) is 4. The number of hydrogen-bond donors (Lipinski definition) is 3. The first kappa shape index (κ1) is 15.4. The zero-order valence-electron chi connectivity index (χ0n) is 11.5. The van der Waals surface area contributed by atoms with Crippen molar-refractivity contribution < 1.29 is 9.94 Å². The van der Waals surface area contributed by atoms with Gasteiger partial charge < -0.3 is 21.0 Å². The van der Waals surface area contributed by atoms with E-state index in [1.54, 1.807) is 13.2 Å². The van der Waals surface area contributed by atoms with Crippen molar-refractivity contribution in [3.8, 4) is 5.75 Å². The van der Waals surface area contributed by atoms with Gasteiger partial charge in [0.2, 0.25) is 0 Å². The highest BCUT2D eigenvalue weighted by atomic mass is 127. The lowest BCUT2D eigenvalue weighted by Crippen LogP contribution is -2.14. The second kappa shape index (κ2) is 7.16. The van der Waals surface area contributed by atoms with Gasteiger partial charge >= 0.3 is 0 Å². The van der Waals surface area contributed by atoms with E-state index in [1.807, 2.05) is 36.4 Å². The molecule has 0 aromatic heterocycles. The third-order valence-corrected chi connectivity index (χ3v) is 3.95. The number of oxime groups is 1. The molecule has 0 heterocycles. The van der Waals surface area contributed by atoms with Crippen LogP contribution in [0.4, 0.5) is 5.69 Å². The summed E-state index contributed by atoms with van der Waals surface area (Å²) in [5, 5.41) is 15.1. The Hall–Kier alpha value is -1.96. The number of nitrogens with zero attached hydrogens (tertiary/aromatic N) is 1. The third-order valence-electron chi connectivity index (χ3n) is 3.01. The second-order valence-electron chi connectivity index (χ2n) is 4.35. The van der Waals surface area contributed by atoms with Crippen molar-refractivity contribution in [3.63, 3.8) is 0 Å². The van der Waals surface area contributed by atoms with Crippen molar-refractivity contribution in [2.24, 2.45) is 10.9 Å². The summed E-state index contributed by atoms with van der Waals surface area (Å²) in [6, 6.07) is 13.6. The van der Waals surface area contributed by atoms with Crippen molar-refractivity contribution in [1.29, 1.82) is 0 Å². The molecule has 0 spiro atoms. The summed E-state index contributed by atoms with van der Waals surface area (Å²) < 4.78 is 6.45. The number of anilines is 1. The molecule has 0 fully saturated rings. The molecule has 0 aliphatic heterocycles. The highest BCUT2D eigenvalue weighted by Gasteiger charge is 2.09. The Balaban J connectivity index is 2.17. The van der Waals surface area contributed by atoms with Crippen molar-refractivity contribution in [3.05, 3.63) is 57.2 Å². The molecule has 0 unspecified atom stereocenters. The van der Waals surface area contributed by atoms with Gasteiger partial charge in [0, 0.05) is 15.8 Å². The maximum absolute atomic E-state index is 8.75. The van der Waals surface area contributed by atoms with Crippen LogP contribution in [0, 0.1) is 3.57 Å². The van der Waals surface area contributed by atoms with Crippen LogP contribution in [-0.2, 0) is 6.54 Å². The van der Waals surface area contributed by atoms with Gasteiger partial charge in [-0.2, -0.15) is 0 Å². The Bertz CT molecular complexity index is 659. The average molecular weight is 397 g/mol. The van der Waals surface area contributed by atoms with Crippen molar-refractivity contribution in [1.82, 2.24) is 0 Å². The number of methoxy groups -OCH3 is 1. The predicted octanol–water partition coefficient (Wildman–Crippen LogP) is 3.01. The van der Waals surface area contributed by atoms with Crippen molar-refractivity contribution in [2.45, 2.75) is 6.54 Å². The molecule has 0 amide bonds. The largest absolute Gasteiger partial charge is 0.496 e. The van der Waals surface area contributed by atoms with Crippen LogP contribution in [0.25, 0.3) is 0 Å². The molecule has 0 saturated heterocycles. The fraction of sp³-hybridized carbons (Fsp3) is 0.133. The van der Waals surface area contributed by atoms with Gasteiger partial charge in [0.25, 0.3) is 0 Å². The summed E-state index contributed by atoms with van der Waals surface area (Å²) in [5.41, 5.74) is 8.30. The van der Waals surface area contributed by atoms with Crippen molar-refractivity contribution in [2.75, 3.05) is 12.4 Å². The van der Waals surface area contributed by atoms with Gasteiger partial charge in [0.15, 0.2) is 5.84 Å². The summed E-state index contributed by atoms with van der Waals surface area (Å²) in [6.45, 7) is 0.660. The van der Waals surface area contributed by atoms with Crippen LogP contribution >= 0.6 is 22.6 Å². The first-order chi connectivity index (χ1) is 10.2. The molecule has 0 saturated carbocycles. The smallest absolute Gasteiger partial charge is 0.173 e. The Morgan fingerprint density at radius 1 is 1.33 bits per heavy atom. The molecule has 4 N–H and O–H groups in total. The molecule has 2 rings (SSSR count). The Morgan fingerprint density at radius 2 is 2.10 bits per heavy atom. The minimum absolute atomic E-state index is 0.0315. The van der Waals surface area contributed by atoms with Gasteiger partial charge in [-0.15, -0.1) is 0 Å². The number of nitrogens with one attached hydrogen (secondary N) is 1. The van der Waals surface area contributed by atoms with Gasteiger partial charge in [-0.3, -0.25) is 0 Å². The molecule has 0 aliphatic rings. The molecule has 0 radical (unpaired) electrons. The van der Waals surface area contributed by atoms with Gasteiger partial charge in [0.05, 0.1) is 12.7 Å². The number of nitrogens with two attached hydrogens (primary N) is 1. The van der Waals surface area contributed by atoms with Gasteiger partial charge in [0.1, 0.15) is 5.75 Å². The van der Waals surface area contributed by atoms with E-state index in [-0.39, 0.29) is 5.84 Å². The van der Waals surface area contributed by atoms with E-state index < -0.39 is 0 Å². The first-order valence-electron chi connectivity index (χ1n) is 6.29. The Labute approximate surface area is 136 Å². The second-order valence-corrected chi connectivity index (χ2v) is 5.52. The zero-order valence-corrected chi connectivity index (χ0v) is 13.7. The standard InChI is InChI=1S/C15H16IN3O2/c1-21-14-8-10(6-7-11(14)15(17)19-20)9-18-13-5-3-2-4-12(13)16/h2-8,18,20H,9H2,1H3,(H2,17,19). The summed E-state index contributed by atoms with van der Waals surface area (Å²) >= 11 is 2.29. The lowest BCUT2D eigenvalue weighted by molar-refractivity contribution is 0.318. The normalized spacial score (nSPS) is 11.2. The summed E-state index contributed by atoms with van der Waals surface area (Å²) in [6.07, 6.45) is 0. The van der Waals surface area contributed by atoms with Crippen LogP contribution in [0.3, 0.4) is 0 Å². The average Bonchev–Trinajstić information content (AvgIpc) is 2.53. The van der Waals surface area contributed by atoms with Crippen LogP contribution in [0.5, 0.6) is 5.75 Å². The minimum Gasteiger partial charge on any atom is -0.496 e. The van der Waals surface area contributed by atoms with E-state index in [1.165, 1.54) is 0 Å². The minimum atomic E-state index is 0.0315. The van der Waals surface area contributed by atoms with Gasteiger partial charge in [-0.05, 0) is 52.4 Å². The molecule has 0 aliphatic carbocycles. The fourth-order valence-corrected chi connectivity index (χ4v) is 2.49. The van der Waals surface area contributed by atoms with E-state index in [2.05, 4.69) is 33.1 Å². The third kappa shape index (κ3) is 3.78. The Kier molecular flexibility index (Phi) is 5.26. The SMILES string of the molecule is COc1cc(CNc2ccccc2I)ccc1/C(N)=N/O. The first-order valence-corrected chi connectivity index (χ1v) is 7.36. The number of halogens is 1. The lowest BCUT2D eigenvalue weighted by atomic mass is 10.1. The highest BCUT2D eigenvalue weighted by molar-refractivity contribution is 14.1. The molecule has 5 nitrogen and oxygen atoms in total. The molecular weight excluding hydrogens is 381 g/mol. The number of rotatable bonds is 5. The van der Waals surface area contributed by atoms with Crippen LogP contribution in [0.1, 0.15) is 11.1 Å². The molecule has 2 aromatic rings. The maximum atomic E-state index is 8.75. The van der Waals surface area contributed by atoms with E-state index >= 15 is 0 Å². The molecule has 21 heavy (non-hydrogen) atoms. The lowest BCUT2D eigenvalue weighted by Gasteiger charge is -2.12. The number of amidine groups is 1. The van der Waals surface area contributed by atoms with E-state index in [0.29, 0.717) is 17.9 Å². The van der Waals surface area contributed by atoms with Gasteiger partial charge in [-0.1, -0.05) is 23.4 Å². The predicted molar refractivity (Wildman–Crippen MR) is 92.0 cm³/mol. The van der Waals surface area contributed by atoms with Crippen LogP contribution < -0.4 is 15.8 Å².